The maximum Gasteiger partial charge on any atom is 0.223 e. The molecule has 1 amide bonds. The Hall–Kier alpha value is -2.15. The summed E-state index contributed by atoms with van der Waals surface area (Å²) in [6.45, 7) is 5.86. The Bertz CT molecular complexity index is 760. The fourth-order valence-electron chi connectivity index (χ4n) is 2.82. The van der Waals surface area contributed by atoms with Crippen molar-refractivity contribution < 1.29 is 14.3 Å². The average Bonchev–Trinajstić information content (AvgIpc) is 3.04. The molecule has 0 N–H and O–H groups in total. The lowest BCUT2D eigenvalue weighted by Gasteiger charge is -2.26. The minimum absolute atomic E-state index is 0.155. The van der Waals surface area contributed by atoms with Gasteiger partial charge in [0.2, 0.25) is 5.91 Å². The number of thioether (sulfide) groups is 1. The van der Waals surface area contributed by atoms with E-state index in [1.54, 1.807) is 16.4 Å². The van der Waals surface area contributed by atoms with Gasteiger partial charge in [-0.2, -0.15) is 5.10 Å². The van der Waals surface area contributed by atoms with E-state index in [0.29, 0.717) is 26.2 Å². The van der Waals surface area contributed by atoms with E-state index in [4.69, 9.17) is 9.47 Å². The fourth-order valence-corrected chi connectivity index (χ4v) is 3.69. The standard InChI is InChI=1S/C19H25N3O3S/c1-14(2)22(13-15-11-20-21(3)12-15)19(23)6-9-26-16-4-5-17-18(10-16)25-8-7-24-17/h4-5,10-12,14H,6-9,13H2,1-3H3. The van der Waals surface area contributed by atoms with E-state index < -0.39 is 0 Å². The summed E-state index contributed by atoms with van der Waals surface area (Å²) in [7, 11) is 1.88. The molecule has 2 heterocycles. The van der Waals surface area contributed by atoms with E-state index in [1.165, 1.54) is 0 Å². The Balaban J connectivity index is 1.53. The van der Waals surface area contributed by atoms with Gasteiger partial charge in [0.15, 0.2) is 11.5 Å². The van der Waals surface area contributed by atoms with Gasteiger partial charge in [0.25, 0.3) is 0 Å². The van der Waals surface area contributed by atoms with Crippen LogP contribution in [-0.2, 0) is 18.4 Å². The lowest BCUT2D eigenvalue weighted by molar-refractivity contribution is -0.133. The van der Waals surface area contributed by atoms with Crippen LogP contribution in [-0.4, -0.2) is 45.6 Å². The quantitative estimate of drug-likeness (QED) is 0.696. The Kier molecular flexibility index (Phi) is 6.08. The number of rotatable bonds is 7. The first kappa shape index (κ1) is 18.6. The molecule has 0 fully saturated rings. The molecule has 2 aromatic rings. The van der Waals surface area contributed by atoms with Gasteiger partial charge in [-0.3, -0.25) is 9.48 Å². The van der Waals surface area contributed by atoms with Gasteiger partial charge in [-0.05, 0) is 32.0 Å². The predicted octanol–water partition coefficient (Wildman–Crippen LogP) is 3.11. The summed E-state index contributed by atoms with van der Waals surface area (Å²) in [5.74, 6) is 2.47. The molecule has 1 aromatic heterocycles. The van der Waals surface area contributed by atoms with Crippen LogP contribution < -0.4 is 9.47 Å². The second-order valence-electron chi connectivity index (χ2n) is 6.54. The number of nitrogens with zero attached hydrogens (tertiary/aromatic N) is 3. The summed E-state index contributed by atoms with van der Waals surface area (Å²) in [6.07, 6.45) is 4.26. The van der Waals surface area contributed by atoms with Crippen LogP contribution in [0.5, 0.6) is 11.5 Å². The molecule has 0 aliphatic carbocycles. The summed E-state index contributed by atoms with van der Waals surface area (Å²) < 4.78 is 12.9. The summed E-state index contributed by atoms with van der Waals surface area (Å²) in [5.41, 5.74) is 1.05. The number of carbonyl (C=O) groups is 1. The van der Waals surface area contributed by atoms with Gasteiger partial charge >= 0.3 is 0 Å². The van der Waals surface area contributed by atoms with Crippen LogP contribution in [0.25, 0.3) is 0 Å². The van der Waals surface area contributed by atoms with Gasteiger partial charge in [0, 0.05) is 48.5 Å². The zero-order valence-electron chi connectivity index (χ0n) is 15.5. The molecule has 0 unspecified atom stereocenters. The third kappa shape index (κ3) is 4.72. The van der Waals surface area contributed by atoms with Crippen LogP contribution in [0, 0.1) is 0 Å². The number of ether oxygens (including phenoxy) is 2. The maximum absolute atomic E-state index is 12.7. The Morgan fingerprint density at radius 2 is 2.08 bits per heavy atom. The minimum atomic E-state index is 0.155. The second kappa shape index (κ2) is 8.49. The predicted molar refractivity (Wildman–Crippen MR) is 102 cm³/mol. The molecule has 1 aliphatic heterocycles. The maximum atomic E-state index is 12.7. The van der Waals surface area contributed by atoms with Gasteiger partial charge in [-0.1, -0.05) is 0 Å². The van der Waals surface area contributed by atoms with Crippen molar-refractivity contribution in [2.45, 2.75) is 37.8 Å². The molecule has 7 heteroatoms. The average molecular weight is 375 g/mol. The minimum Gasteiger partial charge on any atom is -0.486 e. The zero-order valence-corrected chi connectivity index (χ0v) is 16.3. The molecule has 6 nitrogen and oxygen atoms in total. The van der Waals surface area contributed by atoms with Crippen LogP contribution in [0.2, 0.25) is 0 Å². The van der Waals surface area contributed by atoms with E-state index in [1.807, 2.05) is 56.4 Å². The zero-order chi connectivity index (χ0) is 18.5. The van der Waals surface area contributed by atoms with Crippen LogP contribution in [0.1, 0.15) is 25.8 Å². The number of carbonyl (C=O) groups excluding carboxylic acids is 1. The Morgan fingerprint density at radius 3 is 2.77 bits per heavy atom. The SMILES string of the molecule is CC(C)N(Cc1cnn(C)c1)C(=O)CCSc1ccc2c(c1)OCCO2. The molecule has 1 aromatic carbocycles. The largest absolute Gasteiger partial charge is 0.486 e. The Labute approximate surface area is 158 Å². The first-order chi connectivity index (χ1) is 12.5. The summed E-state index contributed by atoms with van der Waals surface area (Å²) in [4.78, 5) is 15.7. The van der Waals surface area contributed by atoms with E-state index in [2.05, 4.69) is 5.10 Å². The number of aryl methyl sites for hydroxylation is 1. The van der Waals surface area contributed by atoms with Crippen molar-refractivity contribution in [1.82, 2.24) is 14.7 Å². The molecule has 0 radical (unpaired) electrons. The molecule has 0 spiro atoms. The lowest BCUT2D eigenvalue weighted by atomic mass is 10.2. The number of hydrogen-bond donors (Lipinski definition) is 0. The number of benzene rings is 1. The van der Waals surface area contributed by atoms with Gasteiger partial charge in [0.1, 0.15) is 13.2 Å². The van der Waals surface area contributed by atoms with E-state index in [0.717, 1.165) is 27.7 Å². The first-order valence-electron chi connectivity index (χ1n) is 8.82. The summed E-state index contributed by atoms with van der Waals surface area (Å²) in [5, 5.41) is 4.18. The van der Waals surface area contributed by atoms with Crippen molar-refractivity contribution in [3.63, 3.8) is 0 Å². The lowest BCUT2D eigenvalue weighted by Crippen LogP contribution is -2.36. The van der Waals surface area contributed by atoms with Crippen LogP contribution in [0.15, 0.2) is 35.5 Å². The van der Waals surface area contributed by atoms with Crippen molar-refractivity contribution in [2.24, 2.45) is 7.05 Å². The third-order valence-corrected chi connectivity index (χ3v) is 5.15. The summed E-state index contributed by atoms with van der Waals surface area (Å²) in [6, 6.07) is 6.08. The molecule has 26 heavy (non-hydrogen) atoms. The van der Waals surface area contributed by atoms with Gasteiger partial charge < -0.3 is 14.4 Å². The molecule has 0 atom stereocenters. The van der Waals surface area contributed by atoms with Crippen molar-refractivity contribution in [3.8, 4) is 11.5 Å². The number of fused-ring (bicyclic) bond motifs is 1. The first-order valence-corrected chi connectivity index (χ1v) is 9.81. The molecule has 0 saturated heterocycles. The van der Waals surface area contributed by atoms with Crippen molar-refractivity contribution in [3.05, 3.63) is 36.2 Å². The van der Waals surface area contributed by atoms with Crippen molar-refractivity contribution in [1.29, 1.82) is 0 Å². The van der Waals surface area contributed by atoms with Crippen LogP contribution >= 0.6 is 11.8 Å². The molecule has 1 aliphatic rings. The highest BCUT2D eigenvalue weighted by molar-refractivity contribution is 7.99. The molecule has 0 saturated carbocycles. The molecular weight excluding hydrogens is 350 g/mol. The van der Waals surface area contributed by atoms with E-state index in [9.17, 15) is 4.79 Å². The van der Waals surface area contributed by atoms with Gasteiger partial charge in [0.05, 0.1) is 6.20 Å². The van der Waals surface area contributed by atoms with Gasteiger partial charge in [-0.15, -0.1) is 11.8 Å². The highest BCUT2D eigenvalue weighted by atomic mass is 32.2. The third-order valence-electron chi connectivity index (χ3n) is 4.15. The monoisotopic (exact) mass is 375 g/mol. The fraction of sp³-hybridized carbons (Fsp3) is 0.474. The number of aromatic nitrogens is 2. The summed E-state index contributed by atoms with van der Waals surface area (Å²) >= 11 is 1.66. The van der Waals surface area contributed by atoms with Crippen LogP contribution in [0.3, 0.4) is 0 Å². The van der Waals surface area contributed by atoms with Crippen LogP contribution in [0.4, 0.5) is 0 Å². The highest BCUT2D eigenvalue weighted by Gasteiger charge is 2.18. The molecule has 3 rings (SSSR count). The van der Waals surface area contributed by atoms with E-state index >= 15 is 0 Å². The number of amides is 1. The van der Waals surface area contributed by atoms with E-state index in [-0.39, 0.29) is 11.9 Å². The Morgan fingerprint density at radius 1 is 1.31 bits per heavy atom. The van der Waals surface area contributed by atoms with Crippen molar-refractivity contribution >= 4 is 17.7 Å². The second-order valence-corrected chi connectivity index (χ2v) is 7.71. The number of hydrogen-bond acceptors (Lipinski definition) is 5. The molecular formula is C19H25N3O3S. The normalized spacial score (nSPS) is 13.1. The van der Waals surface area contributed by atoms with Gasteiger partial charge in [-0.25, -0.2) is 0 Å². The highest BCUT2D eigenvalue weighted by Crippen LogP contribution is 2.34. The van der Waals surface area contributed by atoms with Crippen molar-refractivity contribution in [2.75, 3.05) is 19.0 Å². The topological polar surface area (TPSA) is 56.6 Å². The molecule has 0 bridgehead atoms. The molecule has 140 valence electrons. The smallest absolute Gasteiger partial charge is 0.223 e.